The lowest BCUT2D eigenvalue weighted by molar-refractivity contribution is 0.266. The van der Waals surface area contributed by atoms with Crippen molar-refractivity contribution < 1.29 is 13.9 Å². The van der Waals surface area contributed by atoms with E-state index >= 15 is 4.39 Å². The number of fused-ring (bicyclic) bond motifs is 3. The van der Waals surface area contributed by atoms with Gasteiger partial charge in [0.25, 0.3) is 0 Å². The minimum Gasteiger partial charge on any atom is -0.475 e. The molecule has 1 fully saturated rings. The van der Waals surface area contributed by atoms with Crippen molar-refractivity contribution >= 4 is 27.5 Å². The second-order valence-corrected chi connectivity index (χ2v) is 8.05. The molecule has 33 heavy (non-hydrogen) atoms. The van der Waals surface area contributed by atoms with Crippen LogP contribution in [0, 0.1) is 18.2 Å². The van der Waals surface area contributed by atoms with Crippen LogP contribution in [0.4, 0.5) is 10.2 Å². The first-order chi connectivity index (χ1) is 16.2. The van der Waals surface area contributed by atoms with Crippen LogP contribution in [0.15, 0.2) is 36.4 Å². The van der Waals surface area contributed by atoms with Crippen molar-refractivity contribution in [1.82, 2.24) is 20.3 Å². The lowest BCUT2D eigenvalue weighted by atomic mass is 9.96. The van der Waals surface area contributed by atoms with Crippen LogP contribution in [0.5, 0.6) is 11.9 Å². The summed E-state index contributed by atoms with van der Waals surface area (Å²) in [4.78, 5) is 15.7. The van der Waals surface area contributed by atoms with Crippen LogP contribution in [-0.2, 0) is 0 Å². The maximum Gasteiger partial charge on any atom is 0.318 e. The van der Waals surface area contributed by atoms with Gasteiger partial charge in [-0.1, -0.05) is 36.3 Å². The summed E-state index contributed by atoms with van der Waals surface area (Å²) in [6.45, 7) is 2.62. The fourth-order valence-corrected chi connectivity index (χ4v) is 4.71. The van der Waals surface area contributed by atoms with E-state index in [1.54, 1.807) is 0 Å². The van der Waals surface area contributed by atoms with Crippen LogP contribution in [0.2, 0.25) is 0 Å². The fraction of sp³-hybridized carbons (Fsp3) is 0.240. The first-order valence-corrected chi connectivity index (χ1v) is 10.7. The summed E-state index contributed by atoms with van der Waals surface area (Å²) in [7, 11) is 1.47. The van der Waals surface area contributed by atoms with Crippen molar-refractivity contribution in [2.45, 2.75) is 6.04 Å². The Balaban J connectivity index is 1.69. The molecule has 6 rings (SSSR count). The minimum absolute atomic E-state index is 0.0351. The summed E-state index contributed by atoms with van der Waals surface area (Å²) in [6.07, 6.45) is 5.76. The molecule has 0 unspecified atom stereocenters. The summed E-state index contributed by atoms with van der Waals surface area (Å²) >= 11 is 0. The molecule has 1 saturated heterocycles. The van der Waals surface area contributed by atoms with E-state index in [4.69, 9.17) is 15.9 Å². The molecule has 2 aliphatic heterocycles. The average Bonchev–Trinajstić information content (AvgIpc) is 3.02. The van der Waals surface area contributed by atoms with Crippen molar-refractivity contribution in [2.75, 3.05) is 38.3 Å². The highest BCUT2D eigenvalue weighted by molar-refractivity contribution is 6.03. The van der Waals surface area contributed by atoms with Gasteiger partial charge in [-0.3, -0.25) is 0 Å². The molecule has 1 N–H and O–H groups in total. The molecule has 7 nitrogen and oxygen atoms in total. The van der Waals surface area contributed by atoms with Gasteiger partial charge in [-0.15, -0.1) is 6.42 Å². The van der Waals surface area contributed by atoms with Crippen LogP contribution in [0.1, 0.15) is 5.56 Å². The number of ether oxygens (including phenoxy) is 2. The van der Waals surface area contributed by atoms with Gasteiger partial charge in [-0.2, -0.15) is 9.97 Å². The molecule has 2 aliphatic rings. The zero-order valence-electron chi connectivity index (χ0n) is 17.9. The molecule has 0 bridgehead atoms. The molecule has 0 radical (unpaired) electrons. The van der Waals surface area contributed by atoms with E-state index in [0.29, 0.717) is 41.4 Å². The number of aromatic nitrogens is 3. The highest BCUT2D eigenvalue weighted by atomic mass is 19.1. The minimum atomic E-state index is -0.563. The Bertz CT molecular complexity index is 1460. The summed E-state index contributed by atoms with van der Waals surface area (Å²) in [6, 6.07) is 11.4. The molecule has 0 amide bonds. The number of halogens is 1. The van der Waals surface area contributed by atoms with E-state index in [1.807, 2.05) is 36.4 Å². The van der Waals surface area contributed by atoms with Gasteiger partial charge in [-0.25, -0.2) is 9.37 Å². The maximum absolute atomic E-state index is 16.2. The number of hydrogen-bond donors (Lipinski definition) is 1. The molecule has 0 spiro atoms. The monoisotopic (exact) mass is 441 g/mol. The number of piperazine rings is 1. The third-order valence-corrected chi connectivity index (χ3v) is 6.25. The third-order valence-electron chi connectivity index (χ3n) is 6.25. The number of benzene rings is 2. The van der Waals surface area contributed by atoms with Crippen molar-refractivity contribution in [3.05, 3.63) is 47.8 Å². The van der Waals surface area contributed by atoms with Gasteiger partial charge in [-0.05, 0) is 11.5 Å². The van der Waals surface area contributed by atoms with Crippen molar-refractivity contribution in [2.24, 2.45) is 0 Å². The number of nitrogens with one attached hydrogen (secondary N) is 1. The largest absolute Gasteiger partial charge is 0.475 e. The summed E-state index contributed by atoms with van der Waals surface area (Å²) in [5.74, 6) is 3.03. The van der Waals surface area contributed by atoms with Crippen molar-refractivity contribution in [1.29, 1.82) is 0 Å². The second-order valence-electron chi connectivity index (χ2n) is 8.05. The Kier molecular flexibility index (Phi) is 4.52. The molecule has 2 aromatic carbocycles. The summed E-state index contributed by atoms with van der Waals surface area (Å²) in [5, 5.41) is 5.49. The lowest BCUT2D eigenvalue weighted by Crippen LogP contribution is -2.53. The Morgan fingerprint density at radius 1 is 1.18 bits per heavy atom. The highest BCUT2D eigenvalue weighted by Crippen LogP contribution is 2.41. The van der Waals surface area contributed by atoms with E-state index in [2.05, 4.69) is 31.1 Å². The Labute approximate surface area is 189 Å². The van der Waals surface area contributed by atoms with Crippen LogP contribution >= 0.6 is 0 Å². The van der Waals surface area contributed by atoms with E-state index in [-0.39, 0.29) is 23.3 Å². The number of methoxy groups -OCH3 is 1. The van der Waals surface area contributed by atoms with E-state index in [9.17, 15) is 0 Å². The molecule has 8 heteroatoms. The molecule has 4 heterocycles. The summed E-state index contributed by atoms with van der Waals surface area (Å²) in [5.41, 5.74) is 1.50. The Morgan fingerprint density at radius 2 is 2.03 bits per heavy atom. The number of hydrogen-bond acceptors (Lipinski definition) is 7. The molecule has 164 valence electrons. The van der Waals surface area contributed by atoms with Gasteiger partial charge in [0.2, 0.25) is 5.88 Å². The zero-order chi connectivity index (χ0) is 22.5. The third kappa shape index (κ3) is 2.97. The van der Waals surface area contributed by atoms with Crippen LogP contribution in [0.25, 0.3) is 32.9 Å². The molecule has 4 aromatic rings. The topological polar surface area (TPSA) is 72.4 Å². The van der Waals surface area contributed by atoms with Crippen molar-refractivity contribution in [3.63, 3.8) is 0 Å². The van der Waals surface area contributed by atoms with Crippen LogP contribution in [-0.4, -0.2) is 54.3 Å². The molecule has 1 atom stereocenters. The first kappa shape index (κ1) is 19.7. The van der Waals surface area contributed by atoms with Gasteiger partial charge < -0.3 is 19.7 Å². The molecular weight excluding hydrogens is 421 g/mol. The molecule has 0 saturated carbocycles. The standard InChI is InChI=1S/C25H20FN5O2/c1-3-14-6-4-7-15-8-5-9-17(18(14)15)21-20(26)22-19-23(30-25(29-22)32-2)31-11-10-27-12-16(31)13-33-24(19)28-21/h1,4-9,16,27H,10-13H2,2H3/t16-/m0/s1. The summed E-state index contributed by atoms with van der Waals surface area (Å²) < 4.78 is 27.6. The molecular formula is C25H20FN5O2. The number of terminal acetylenes is 1. The Hall–Kier alpha value is -3.96. The average molecular weight is 441 g/mol. The zero-order valence-corrected chi connectivity index (χ0v) is 17.9. The highest BCUT2D eigenvalue weighted by Gasteiger charge is 2.33. The number of pyridine rings is 1. The molecule has 0 aliphatic carbocycles. The van der Waals surface area contributed by atoms with Gasteiger partial charge in [0.05, 0.1) is 13.2 Å². The number of anilines is 1. The van der Waals surface area contributed by atoms with Gasteiger partial charge in [0.1, 0.15) is 29.0 Å². The predicted octanol–water partition coefficient (Wildman–Crippen LogP) is 3.14. The van der Waals surface area contributed by atoms with Crippen LogP contribution < -0.4 is 19.7 Å². The normalized spacial score (nSPS) is 17.2. The van der Waals surface area contributed by atoms with Gasteiger partial charge in [0, 0.05) is 36.1 Å². The van der Waals surface area contributed by atoms with E-state index < -0.39 is 5.82 Å². The maximum atomic E-state index is 16.2. The van der Waals surface area contributed by atoms with Gasteiger partial charge in [0.15, 0.2) is 5.82 Å². The smallest absolute Gasteiger partial charge is 0.318 e. The first-order valence-electron chi connectivity index (χ1n) is 10.7. The fourth-order valence-electron chi connectivity index (χ4n) is 4.71. The lowest BCUT2D eigenvalue weighted by Gasteiger charge is -2.35. The molecule has 2 aromatic heterocycles. The second kappa shape index (κ2) is 7.57. The van der Waals surface area contributed by atoms with Gasteiger partial charge >= 0.3 is 6.01 Å². The van der Waals surface area contributed by atoms with Crippen molar-refractivity contribution in [3.8, 4) is 35.5 Å². The SMILES string of the molecule is C#Cc1cccc2cccc(-c3nc4c5c(nc(OC)nc5c3F)N3CCNC[C@H]3CO4)c12. The number of nitrogens with zero attached hydrogens (tertiary/aromatic N) is 4. The van der Waals surface area contributed by atoms with Crippen LogP contribution in [0.3, 0.4) is 0 Å². The number of rotatable bonds is 2. The van der Waals surface area contributed by atoms with E-state index in [1.165, 1.54) is 7.11 Å². The van der Waals surface area contributed by atoms with E-state index in [0.717, 1.165) is 23.9 Å². The Morgan fingerprint density at radius 3 is 2.85 bits per heavy atom. The predicted molar refractivity (Wildman–Crippen MR) is 124 cm³/mol. The quantitative estimate of drug-likeness (QED) is 0.479.